The van der Waals surface area contributed by atoms with Gasteiger partial charge in [-0.15, -0.1) is 0 Å². The smallest absolute Gasteiger partial charge is 0.306 e. The number of carbonyl (C=O) groups is 1. The van der Waals surface area contributed by atoms with Gasteiger partial charge < -0.3 is 4.74 Å². The van der Waals surface area contributed by atoms with Crippen LogP contribution in [0.1, 0.15) is 46.0 Å². The van der Waals surface area contributed by atoms with E-state index in [4.69, 9.17) is 4.74 Å². The number of esters is 1. The van der Waals surface area contributed by atoms with Gasteiger partial charge >= 0.3 is 5.97 Å². The topological polar surface area (TPSA) is 26.3 Å². The van der Waals surface area contributed by atoms with Crippen LogP contribution in [-0.4, -0.2) is 23.1 Å². The van der Waals surface area contributed by atoms with Gasteiger partial charge in [0.1, 0.15) is 0 Å². The fraction of sp³-hybridized carbons (Fsp3) is 0.909. The lowest BCUT2D eigenvalue weighted by molar-refractivity contribution is -0.142. The minimum Gasteiger partial charge on any atom is -0.466 e. The second kappa shape index (κ2) is 6.33. The van der Waals surface area contributed by atoms with E-state index in [0.717, 1.165) is 5.25 Å². The Hall–Kier alpha value is -0.180. The highest BCUT2D eigenvalue weighted by Crippen LogP contribution is 2.33. The third kappa shape index (κ3) is 4.36. The Morgan fingerprint density at radius 2 is 2.14 bits per heavy atom. The van der Waals surface area contributed by atoms with Gasteiger partial charge in [0.25, 0.3) is 0 Å². The molecule has 0 amide bonds. The normalized spacial score (nSPS) is 19.6. The molecular formula is C11H20O2S. The van der Waals surface area contributed by atoms with Gasteiger partial charge in [0.05, 0.1) is 13.0 Å². The zero-order chi connectivity index (χ0) is 10.4. The van der Waals surface area contributed by atoms with Crippen LogP contribution in [0, 0.1) is 0 Å². The molecule has 0 aromatic rings. The summed E-state index contributed by atoms with van der Waals surface area (Å²) >= 11 is 1.96. The fourth-order valence-electron chi connectivity index (χ4n) is 1.86. The Morgan fingerprint density at radius 3 is 2.71 bits per heavy atom. The van der Waals surface area contributed by atoms with Crippen LogP contribution in [0.25, 0.3) is 0 Å². The van der Waals surface area contributed by atoms with E-state index >= 15 is 0 Å². The van der Waals surface area contributed by atoms with E-state index in [1.807, 2.05) is 18.7 Å². The molecule has 0 bridgehead atoms. The first-order valence-corrected chi connectivity index (χ1v) is 6.47. The van der Waals surface area contributed by atoms with Gasteiger partial charge in [0, 0.05) is 10.5 Å². The molecule has 82 valence electrons. The highest BCUT2D eigenvalue weighted by Gasteiger charge is 2.19. The maximum Gasteiger partial charge on any atom is 0.306 e. The molecule has 1 rings (SSSR count). The average molecular weight is 216 g/mol. The first-order valence-electron chi connectivity index (χ1n) is 5.53. The van der Waals surface area contributed by atoms with Gasteiger partial charge in [-0.1, -0.05) is 19.8 Å². The summed E-state index contributed by atoms with van der Waals surface area (Å²) < 4.78 is 4.92. The number of ether oxygens (including phenoxy) is 1. The van der Waals surface area contributed by atoms with Crippen LogP contribution in [0.5, 0.6) is 0 Å². The minimum atomic E-state index is -0.0505. The molecule has 1 unspecified atom stereocenters. The van der Waals surface area contributed by atoms with Crippen LogP contribution >= 0.6 is 11.8 Å². The maximum absolute atomic E-state index is 11.2. The SMILES string of the molecule is CCOC(=O)CC(C)SC1CCCC1. The number of hydrogen-bond donors (Lipinski definition) is 0. The van der Waals surface area contributed by atoms with E-state index in [1.165, 1.54) is 25.7 Å². The number of carbonyl (C=O) groups excluding carboxylic acids is 1. The van der Waals surface area contributed by atoms with Crippen LogP contribution in [0.2, 0.25) is 0 Å². The van der Waals surface area contributed by atoms with Crippen molar-refractivity contribution < 1.29 is 9.53 Å². The molecule has 2 nitrogen and oxygen atoms in total. The van der Waals surface area contributed by atoms with Crippen molar-refractivity contribution >= 4 is 17.7 Å². The van der Waals surface area contributed by atoms with Crippen LogP contribution in [-0.2, 0) is 9.53 Å². The highest BCUT2D eigenvalue weighted by atomic mass is 32.2. The van der Waals surface area contributed by atoms with Crippen LogP contribution < -0.4 is 0 Å². The third-order valence-corrected chi connectivity index (χ3v) is 3.97. The zero-order valence-electron chi connectivity index (χ0n) is 9.12. The van der Waals surface area contributed by atoms with E-state index in [2.05, 4.69) is 6.92 Å². The molecule has 0 saturated heterocycles. The first-order chi connectivity index (χ1) is 6.72. The van der Waals surface area contributed by atoms with Gasteiger partial charge in [-0.25, -0.2) is 0 Å². The van der Waals surface area contributed by atoms with Crippen molar-refractivity contribution in [3.63, 3.8) is 0 Å². The second-order valence-electron chi connectivity index (χ2n) is 3.86. The van der Waals surface area contributed by atoms with E-state index in [-0.39, 0.29) is 5.97 Å². The first kappa shape index (κ1) is 11.9. The van der Waals surface area contributed by atoms with E-state index in [0.29, 0.717) is 18.3 Å². The predicted octanol–water partition coefficient (Wildman–Crippen LogP) is 3.00. The number of hydrogen-bond acceptors (Lipinski definition) is 3. The summed E-state index contributed by atoms with van der Waals surface area (Å²) in [6, 6.07) is 0. The molecule has 1 aliphatic rings. The largest absolute Gasteiger partial charge is 0.466 e. The Morgan fingerprint density at radius 1 is 1.50 bits per heavy atom. The molecule has 3 heteroatoms. The van der Waals surface area contributed by atoms with Crippen LogP contribution in [0.4, 0.5) is 0 Å². The van der Waals surface area contributed by atoms with Crippen molar-refractivity contribution in [3.05, 3.63) is 0 Å². The molecule has 0 N–H and O–H groups in total. The lowest BCUT2D eigenvalue weighted by Gasteiger charge is -2.14. The standard InChI is InChI=1S/C11H20O2S/c1-3-13-11(12)8-9(2)14-10-6-4-5-7-10/h9-10H,3-8H2,1-2H3. The molecule has 0 aromatic carbocycles. The van der Waals surface area contributed by atoms with Gasteiger partial charge in [-0.05, 0) is 19.8 Å². The van der Waals surface area contributed by atoms with Crippen LogP contribution in [0.15, 0.2) is 0 Å². The lowest BCUT2D eigenvalue weighted by Crippen LogP contribution is -2.13. The minimum absolute atomic E-state index is 0.0505. The summed E-state index contributed by atoms with van der Waals surface area (Å²) in [5, 5.41) is 1.21. The molecule has 0 aromatic heterocycles. The van der Waals surface area contributed by atoms with Crippen LogP contribution in [0.3, 0.4) is 0 Å². The molecule has 14 heavy (non-hydrogen) atoms. The van der Waals surface area contributed by atoms with Crippen molar-refractivity contribution in [2.24, 2.45) is 0 Å². The fourth-order valence-corrected chi connectivity index (χ4v) is 3.35. The molecule has 1 atom stereocenters. The van der Waals surface area contributed by atoms with Gasteiger partial charge in [0.15, 0.2) is 0 Å². The van der Waals surface area contributed by atoms with Crippen molar-refractivity contribution in [2.45, 2.75) is 56.5 Å². The van der Waals surface area contributed by atoms with E-state index < -0.39 is 0 Å². The van der Waals surface area contributed by atoms with E-state index in [9.17, 15) is 4.79 Å². The number of rotatable bonds is 5. The van der Waals surface area contributed by atoms with Crippen molar-refractivity contribution in [1.82, 2.24) is 0 Å². The second-order valence-corrected chi connectivity index (χ2v) is 5.61. The van der Waals surface area contributed by atoms with E-state index in [1.54, 1.807) is 0 Å². The predicted molar refractivity (Wildman–Crippen MR) is 60.6 cm³/mol. The summed E-state index contributed by atoms with van der Waals surface area (Å²) in [4.78, 5) is 11.2. The Bertz CT molecular complexity index is 176. The summed E-state index contributed by atoms with van der Waals surface area (Å²) in [5.74, 6) is -0.0505. The maximum atomic E-state index is 11.2. The monoisotopic (exact) mass is 216 g/mol. The Kier molecular flexibility index (Phi) is 5.38. The quantitative estimate of drug-likeness (QED) is 0.661. The molecule has 0 spiro atoms. The van der Waals surface area contributed by atoms with Gasteiger partial charge in [-0.3, -0.25) is 4.79 Å². The molecule has 1 saturated carbocycles. The highest BCUT2D eigenvalue weighted by molar-refractivity contribution is 8.00. The average Bonchev–Trinajstić information content (AvgIpc) is 2.56. The lowest BCUT2D eigenvalue weighted by atomic mass is 10.3. The van der Waals surface area contributed by atoms with Gasteiger partial charge in [0.2, 0.25) is 0 Å². The summed E-state index contributed by atoms with van der Waals surface area (Å²) in [5.41, 5.74) is 0. The summed E-state index contributed by atoms with van der Waals surface area (Å²) in [6.45, 7) is 4.48. The Balaban J connectivity index is 2.14. The molecule has 1 fully saturated rings. The van der Waals surface area contributed by atoms with Crippen molar-refractivity contribution in [3.8, 4) is 0 Å². The molecular weight excluding hydrogens is 196 g/mol. The Labute approximate surface area is 90.8 Å². The zero-order valence-corrected chi connectivity index (χ0v) is 9.94. The third-order valence-electron chi connectivity index (χ3n) is 2.49. The molecule has 0 heterocycles. The van der Waals surface area contributed by atoms with Crippen molar-refractivity contribution in [1.29, 1.82) is 0 Å². The summed E-state index contributed by atoms with van der Waals surface area (Å²) in [7, 11) is 0. The molecule has 0 aliphatic heterocycles. The molecule has 0 radical (unpaired) electrons. The van der Waals surface area contributed by atoms with Gasteiger partial charge in [-0.2, -0.15) is 11.8 Å². The number of thioether (sulfide) groups is 1. The van der Waals surface area contributed by atoms with Crippen molar-refractivity contribution in [2.75, 3.05) is 6.61 Å². The molecule has 1 aliphatic carbocycles. The summed E-state index contributed by atoms with van der Waals surface area (Å²) in [6.07, 6.45) is 5.96.